The molecule has 0 radical (unpaired) electrons. The summed E-state index contributed by atoms with van der Waals surface area (Å²) in [6.07, 6.45) is 0. The van der Waals surface area contributed by atoms with Crippen LogP contribution in [0.1, 0.15) is 20.7 Å². The number of hydrogen-bond donors (Lipinski definition) is 0. The summed E-state index contributed by atoms with van der Waals surface area (Å²) in [6.45, 7) is -0.431. The maximum absolute atomic E-state index is 12.2. The molecule has 0 fully saturated rings. The molecule has 0 aliphatic rings. The normalized spacial score (nSPS) is 10.1. The number of Topliss-reactive ketones (excluding diaryl/α,β-unsaturated/α-hetero) is 1. The van der Waals surface area contributed by atoms with Crippen molar-refractivity contribution in [3.63, 3.8) is 0 Å². The minimum atomic E-state index is -0.695. The Balaban J connectivity index is 2.16. The summed E-state index contributed by atoms with van der Waals surface area (Å²) in [5.74, 6) is -0.114. The summed E-state index contributed by atoms with van der Waals surface area (Å²) < 4.78 is 20.6. The van der Waals surface area contributed by atoms with Crippen LogP contribution in [-0.2, 0) is 4.74 Å². The third kappa shape index (κ3) is 4.22. The third-order valence-corrected chi connectivity index (χ3v) is 3.74. The fourth-order valence-electron chi connectivity index (χ4n) is 2.18. The van der Waals surface area contributed by atoms with E-state index in [0.29, 0.717) is 27.8 Å². The molecule has 0 amide bonds. The molecule has 0 N–H and O–H groups in total. The van der Waals surface area contributed by atoms with Crippen molar-refractivity contribution in [3.05, 3.63) is 52.5 Å². The van der Waals surface area contributed by atoms with Gasteiger partial charge in [0.25, 0.3) is 0 Å². The Bertz CT molecular complexity index is 762. The summed E-state index contributed by atoms with van der Waals surface area (Å²) >= 11 is 5.96. The van der Waals surface area contributed by atoms with Gasteiger partial charge in [0, 0.05) is 5.56 Å². The zero-order valence-corrected chi connectivity index (χ0v) is 14.8. The van der Waals surface area contributed by atoms with Gasteiger partial charge in [0.05, 0.1) is 31.9 Å². The predicted octanol–water partition coefficient (Wildman–Crippen LogP) is 3.41. The molecule has 2 rings (SSSR count). The lowest BCUT2D eigenvalue weighted by molar-refractivity contribution is 0.0474. The van der Waals surface area contributed by atoms with Crippen LogP contribution in [0.4, 0.5) is 0 Å². The molecule has 0 saturated heterocycles. The lowest BCUT2D eigenvalue weighted by Crippen LogP contribution is -2.15. The largest absolute Gasteiger partial charge is 0.493 e. The van der Waals surface area contributed by atoms with Gasteiger partial charge in [-0.15, -0.1) is 0 Å². The molecule has 0 heterocycles. The predicted molar refractivity (Wildman–Crippen MR) is 92.2 cm³/mol. The number of methoxy groups -OCH3 is 3. The summed E-state index contributed by atoms with van der Waals surface area (Å²) in [5, 5.41) is 0.302. The molecule has 7 heteroatoms. The first-order valence-electron chi connectivity index (χ1n) is 7.26. The highest BCUT2D eigenvalue weighted by molar-refractivity contribution is 6.34. The summed E-state index contributed by atoms with van der Waals surface area (Å²) in [4.78, 5) is 24.4. The Kier molecular flexibility index (Phi) is 6.25. The van der Waals surface area contributed by atoms with E-state index >= 15 is 0 Å². The van der Waals surface area contributed by atoms with Gasteiger partial charge in [-0.3, -0.25) is 4.79 Å². The number of benzene rings is 2. The highest BCUT2D eigenvalue weighted by Crippen LogP contribution is 2.38. The van der Waals surface area contributed by atoms with Crippen LogP contribution in [0.25, 0.3) is 0 Å². The van der Waals surface area contributed by atoms with E-state index in [2.05, 4.69) is 0 Å². The molecule has 0 aromatic heterocycles. The second-order valence-electron chi connectivity index (χ2n) is 4.89. The van der Waals surface area contributed by atoms with Crippen LogP contribution in [0.3, 0.4) is 0 Å². The fourth-order valence-corrected chi connectivity index (χ4v) is 2.42. The van der Waals surface area contributed by atoms with Crippen molar-refractivity contribution in [2.75, 3.05) is 27.9 Å². The van der Waals surface area contributed by atoms with Gasteiger partial charge in [-0.25, -0.2) is 4.79 Å². The van der Waals surface area contributed by atoms with Gasteiger partial charge in [-0.05, 0) is 24.3 Å². The maximum Gasteiger partial charge on any atom is 0.338 e. The van der Waals surface area contributed by atoms with Gasteiger partial charge in [0.1, 0.15) is 0 Å². The van der Waals surface area contributed by atoms with Crippen molar-refractivity contribution in [1.29, 1.82) is 0 Å². The van der Waals surface area contributed by atoms with E-state index in [4.69, 9.17) is 30.5 Å². The van der Waals surface area contributed by atoms with E-state index < -0.39 is 18.4 Å². The number of esters is 1. The minimum Gasteiger partial charge on any atom is -0.493 e. The second-order valence-corrected chi connectivity index (χ2v) is 5.30. The number of hydrogen-bond acceptors (Lipinski definition) is 6. The Labute approximate surface area is 150 Å². The number of ketones is 1. The number of rotatable bonds is 7. The molecular formula is C18H17ClO6. The Hall–Kier alpha value is -2.73. The van der Waals surface area contributed by atoms with E-state index in [9.17, 15) is 9.59 Å². The SMILES string of the molecule is COc1cc(C(=O)OCC(=O)c2ccccc2Cl)cc(OC)c1OC. The monoisotopic (exact) mass is 364 g/mol. The zero-order valence-electron chi connectivity index (χ0n) is 14.0. The van der Waals surface area contributed by atoms with E-state index in [0.717, 1.165) is 0 Å². The quantitative estimate of drug-likeness (QED) is 0.554. The molecule has 0 bridgehead atoms. The lowest BCUT2D eigenvalue weighted by atomic mass is 10.1. The highest BCUT2D eigenvalue weighted by Gasteiger charge is 2.19. The Morgan fingerprint density at radius 1 is 0.960 bits per heavy atom. The van der Waals surface area contributed by atoms with Gasteiger partial charge >= 0.3 is 5.97 Å². The average Bonchev–Trinajstić information content (AvgIpc) is 2.64. The summed E-state index contributed by atoms with van der Waals surface area (Å²) in [7, 11) is 4.33. The van der Waals surface area contributed by atoms with Gasteiger partial charge in [-0.2, -0.15) is 0 Å². The van der Waals surface area contributed by atoms with E-state index in [1.807, 2.05) is 0 Å². The third-order valence-electron chi connectivity index (χ3n) is 3.41. The number of halogens is 1. The van der Waals surface area contributed by atoms with E-state index in [1.165, 1.54) is 33.5 Å². The first-order chi connectivity index (χ1) is 12.0. The molecule has 0 unspecified atom stereocenters. The lowest BCUT2D eigenvalue weighted by Gasteiger charge is -2.13. The van der Waals surface area contributed by atoms with Crippen molar-refractivity contribution in [2.45, 2.75) is 0 Å². The van der Waals surface area contributed by atoms with E-state index in [1.54, 1.807) is 24.3 Å². The minimum absolute atomic E-state index is 0.168. The van der Waals surface area contributed by atoms with Crippen LogP contribution in [-0.4, -0.2) is 39.7 Å². The zero-order chi connectivity index (χ0) is 18.4. The molecule has 132 valence electrons. The molecular weight excluding hydrogens is 348 g/mol. The molecule has 6 nitrogen and oxygen atoms in total. The number of carbonyl (C=O) groups is 2. The highest BCUT2D eigenvalue weighted by atomic mass is 35.5. The van der Waals surface area contributed by atoms with Crippen molar-refractivity contribution < 1.29 is 28.5 Å². The summed E-state index contributed by atoms with van der Waals surface area (Å²) in [6, 6.07) is 9.45. The van der Waals surface area contributed by atoms with Crippen molar-refractivity contribution in [1.82, 2.24) is 0 Å². The molecule has 25 heavy (non-hydrogen) atoms. The van der Waals surface area contributed by atoms with Crippen LogP contribution in [0.15, 0.2) is 36.4 Å². The number of carbonyl (C=O) groups excluding carboxylic acids is 2. The van der Waals surface area contributed by atoms with Crippen LogP contribution >= 0.6 is 11.6 Å². The van der Waals surface area contributed by atoms with Crippen LogP contribution in [0, 0.1) is 0 Å². The van der Waals surface area contributed by atoms with Crippen molar-refractivity contribution >= 4 is 23.4 Å². The molecule has 0 saturated carbocycles. The average molecular weight is 365 g/mol. The molecule has 0 spiro atoms. The van der Waals surface area contributed by atoms with Gasteiger partial charge in [0.2, 0.25) is 11.5 Å². The van der Waals surface area contributed by atoms with Crippen molar-refractivity contribution in [3.8, 4) is 17.2 Å². The molecule has 0 aliphatic carbocycles. The smallest absolute Gasteiger partial charge is 0.338 e. The van der Waals surface area contributed by atoms with Gasteiger partial charge in [0.15, 0.2) is 18.1 Å². The Morgan fingerprint density at radius 3 is 2.08 bits per heavy atom. The topological polar surface area (TPSA) is 71.1 Å². The summed E-state index contributed by atoms with van der Waals surface area (Å²) in [5.41, 5.74) is 0.461. The second kappa shape index (κ2) is 8.39. The molecule has 0 atom stereocenters. The molecule has 0 aliphatic heterocycles. The molecule has 2 aromatic rings. The van der Waals surface area contributed by atoms with Gasteiger partial charge < -0.3 is 18.9 Å². The molecule has 2 aromatic carbocycles. The van der Waals surface area contributed by atoms with Crippen LogP contribution < -0.4 is 14.2 Å². The number of ether oxygens (including phenoxy) is 4. The fraction of sp³-hybridized carbons (Fsp3) is 0.222. The van der Waals surface area contributed by atoms with Gasteiger partial charge in [-0.1, -0.05) is 23.7 Å². The Morgan fingerprint density at radius 2 is 1.56 bits per heavy atom. The van der Waals surface area contributed by atoms with Crippen LogP contribution in [0.5, 0.6) is 17.2 Å². The first kappa shape index (κ1) is 18.6. The first-order valence-corrected chi connectivity index (χ1v) is 7.64. The van der Waals surface area contributed by atoms with Crippen LogP contribution in [0.2, 0.25) is 5.02 Å². The van der Waals surface area contributed by atoms with Crippen molar-refractivity contribution in [2.24, 2.45) is 0 Å². The standard InChI is InChI=1S/C18H17ClO6/c1-22-15-8-11(9-16(23-2)17(15)24-3)18(21)25-10-14(20)12-6-4-5-7-13(12)19/h4-9H,10H2,1-3H3. The van der Waals surface area contributed by atoms with E-state index in [-0.39, 0.29) is 5.56 Å². The maximum atomic E-state index is 12.2.